The summed E-state index contributed by atoms with van der Waals surface area (Å²) >= 11 is 0. The summed E-state index contributed by atoms with van der Waals surface area (Å²) in [6.07, 6.45) is 12.7. The van der Waals surface area contributed by atoms with Gasteiger partial charge in [-0.2, -0.15) is 0 Å². The summed E-state index contributed by atoms with van der Waals surface area (Å²) in [6.45, 7) is 0. The maximum absolute atomic E-state index is 2.17. The topological polar surface area (TPSA) is 9.86 Å². The van der Waals surface area contributed by atoms with E-state index in [0.29, 0.717) is 0 Å². The molecule has 0 spiro atoms. The Kier molecular flexibility index (Phi) is 4.10. The van der Waals surface area contributed by atoms with Crippen LogP contribution in [0, 0.1) is 0 Å². The third kappa shape index (κ3) is 3.12. The largest absolute Gasteiger partial charge is 0.351 e. The monoisotopic (exact) mass is 288 g/mol. The van der Waals surface area contributed by atoms with E-state index in [1.165, 1.54) is 22.5 Å². The van der Waals surface area contributed by atoms with E-state index in [9.17, 15) is 0 Å². The summed E-state index contributed by atoms with van der Waals surface area (Å²) in [5.41, 5.74) is 4.82. The molecule has 0 aliphatic carbocycles. The fraction of sp³-hybridized carbons (Fsp3) is 0.100. The van der Waals surface area contributed by atoms with Crippen molar-refractivity contribution in [3.63, 3.8) is 0 Å². The van der Waals surface area contributed by atoms with Crippen LogP contribution in [0.4, 0.5) is 0 Å². The predicted molar refractivity (Wildman–Crippen MR) is 95.1 cm³/mol. The van der Waals surface area contributed by atoms with Crippen molar-refractivity contribution in [2.75, 3.05) is 0 Å². The molecule has 2 heterocycles. The van der Waals surface area contributed by atoms with Gasteiger partial charge in [0.2, 0.25) is 0 Å². The molecule has 110 valence electrons. The van der Waals surface area contributed by atoms with E-state index in [-0.39, 0.29) is 0 Å². The molecule has 0 bridgehead atoms. The lowest BCUT2D eigenvalue weighted by molar-refractivity contribution is 0.915. The summed E-state index contributed by atoms with van der Waals surface area (Å²) < 4.78 is 4.22. The highest BCUT2D eigenvalue weighted by molar-refractivity contribution is 5.78. The van der Waals surface area contributed by atoms with Crippen LogP contribution in [0.2, 0.25) is 0 Å². The highest BCUT2D eigenvalue weighted by Crippen LogP contribution is 2.16. The van der Waals surface area contributed by atoms with Crippen molar-refractivity contribution in [2.24, 2.45) is 14.1 Å². The Labute approximate surface area is 131 Å². The van der Waals surface area contributed by atoms with Crippen molar-refractivity contribution in [1.29, 1.82) is 0 Å². The minimum Gasteiger partial charge on any atom is -0.351 e. The van der Waals surface area contributed by atoms with E-state index < -0.39 is 0 Å². The quantitative estimate of drug-likeness (QED) is 0.658. The van der Waals surface area contributed by atoms with Gasteiger partial charge in [0, 0.05) is 37.9 Å². The van der Waals surface area contributed by atoms with Crippen LogP contribution in [0.15, 0.2) is 60.9 Å². The predicted octanol–water partition coefficient (Wildman–Crippen LogP) is 4.70. The van der Waals surface area contributed by atoms with E-state index >= 15 is 0 Å². The second-order valence-corrected chi connectivity index (χ2v) is 5.38. The SMILES string of the molecule is Cn1cccc1/C=C\c1ccccc1/C=C\c1cccn1C. The van der Waals surface area contributed by atoms with Gasteiger partial charge < -0.3 is 9.13 Å². The molecule has 3 rings (SSSR count). The lowest BCUT2D eigenvalue weighted by Gasteiger charge is -2.02. The average Bonchev–Trinajstić information content (AvgIpc) is 3.12. The van der Waals surface area contributed by atoms with Gasteiger partial charge in [0.15, 0.2) is 0 Å². The zero-order valence-corrected chi connectivity index (χ0v) is 13.0. The molecule has 0 saturated carbocycles. The maximum Gasteiger partial charge on any atom is 0.0404 e. The normalized spacial score (nSPS) is 11.7. The van der Waals surface area contributed by atoms with Gasteiger partial charge in [-0.25, -0.2) is 0 Å². The molecule has 3 aromatic rings. The average molecular weight is 288 g/mol. The van der Waals surface area contributed by atoms with Crippen LogP contribution in [-0.4, -0.2) is 9.13 Å². The van der Waals surface area contributed by atoms with E-state index in [0.717, 1.165) is 0 Å². The lowest BCUT2D eigenvalue weighted by Crippen LogP contribution is -1.88. The van der Waals surface area contributed by atoms with Crippen molar-refractivity contribution in [2.45, 2.75) is 0 Å². The maximum atomic E-state index is 2.17. The van der Waals surface area contributed by atoms with Crippen LogP contribution >= 0.6 is 0 Å². The molecule has 2 aromatic heterocycles. The number of aryl methyl sites for hydroxylation is 2. The van der Waals surface area contributed by atoms with Crippen LogP contribution in [-0.2, 0) is 14.1 Å². The summed E-state index contributed by atoms with van der Waals surface area (Å²) in [4.78, 5) is 0. The molecule has 0 amide bonds. The lowest BCUT2D eigenvalue weighted by atomic mass is 10.1. The summed E-state index contributed by atoms with van der Waals surface area (Å²) in [5, 5.41) is 0. The van der Waals surface area contributed by atoms with Crippen molar-refractivity contribution in [1.82, 2.24) is 9.13 Å². The van der Waals surface area contributed by atoms with Gasteiger partial charge in [-0.05, 0) is 47.5 Å². The molecule has 22 heavy (non-hydrogen) atoms. The van der Waals surface area contributed by atoms with Crippen molar-refractivity contribution in [3.05, 3.63) is 83.4 Å². The van der Waals surface area contributed by atoms with Gasteiger partial charge >= 0.3 is 0 Å². The van der Waals surface area contributed by atoms with E-state index in [1.807, 2.05) is 0 Å². The summed E-state index contributed by atoms with van der Waals surface area (Å²) in [6, 6.07) is 16.8. The first kappa shape index (κ1) is 14.2. The van der Waals surface area contributed by atoms with Gasteiger partial charge in [-0.1, -0.05) is 36.4 Å². The van der Waals surface area contributed by atoms with E-state index in [4.69, 9.17) is 0 Å². The van der Waals surface area contributed by atoms with Gasteiger partial charge in [-0.3, -0.25) is 0 Å². The highest BCUT2D eigenvalue weighted by atomic mass is 14.9. The molecule has 2 nitrogen and oxygen atoms in total. The number of hydrogen-bond donors (Lipinski definition) is 0. The zero-order valence-electron chi connectivity index (χ0n) is 13.0. The number of benzene rings is 1. The molecule has 0 saturated heterocycles. The van der Waals surface area contributed by atoms with E-state index in [1.54, 1.807) is 0 Å². The number of hydrogen-bond acceptors (Lipinski definition) is 0. The third-order valence-electron chi connectivity index (χ3n) is 3.83. The van der Waals surface area contributed by atoms with Gasteiger partial charge in [0.25, 0.3) is 0 Å². The first-order chi connectivity index (χ1) is 10.7. The Bertz CT molecular complexity index is 746. The standard InChI is InChI=1S/C20H20N2/c1-21-15-5-9-19(21)13-11-17-7-3-4-8-18(17)12-14-20-10-6-16-22(20)2/h3-16H,1-2H3/b13-11-,14-12-. The molecule has 0 aliphatic heterocycles. The fourth-order valence-corrected chi connectivity index (χ4v) is 2.46. The van der Waals surface area contributed by atoms with Gasteiger partial charge in [-0.15, -0.1) is 0 Å². The minimum atomic E-state index is 1.20. The van der Waals surface area contributed by atoms with Crippen LogP contribution < -0.4 is 0 Å². The van der Waals surface area contributed by atoms with Crippen molar-refractivity contribution in [3.8, 4) is 0 Å². The highest BCUT2D eigenvalue weighted by Gasteiger charge is 1.97. The van der Waals surface area contributed by atoms with Crippen LogP contribution in [0.25, 0.3) is 24.3 Å². The molecular weight excluding hydrogens is 268 g/mol. The Morgan fingerprint density at radius 3 is 1.41 bits per heavy atom. The minimum absolute atomic E-state index is 1.20. The van der Waals surface area contributed by atoms with E-state index in [2.05, 4.69) is 108 Å². The van der Waals surface area contributed by atoms with Crippen LogP contribution in [0.3, 0.4) is 0 Å². The zero-order chi connectivity index (χ0) is 15.4. The third-order valence-corrected chi connectivity index (χ3v) is 3.83. The molecule has 0 fully saturated rings. The number of nitrogens with zero attached hydrogens (tertiary/aromatic N) is 2. The Hall–Kier alpha value is -2.74. The molecule has 0 atom stereocenters. The smallest absolute Gasteiger partial charge is 0.0404 e. The second-order valence-electron chi connectivity index (χ2n) is 5.38. The Morgan fingerprint density at radius 2 is 1.05 bits per heavy atom. The summed E-state index contributed by atoms with van der Waals surface area (Å²) in [5.74, 6) is 0. The Balaban J connectivity index is 1.87. The number of aromatic nitrogens is 2. The first-order valence-electron chi connectivity index (χ1n) is 7.42. The van der Waals surface area contributed by atoms with Gasteiger partial charge in [0.1, 0.15) is 0 Å². The molecule has 0 N–H and O–H groups in total. The molecule has 0 radical (unpaired) electrons. The number of rotatable bonds is 4. The molecule has 0 unspecified atom stereocenters. The van der Waals surface area contributed by atoms with Crippen molar-refractivity contribution < 1.29 is 0 Å². The van der Waals surface area contributed by atoms with Crippen molar-refractivity contribution >= 4 is 24.3 Å². The molecule has 0 aliphatic rings. The van der Waals surface area contributed by atoms with Crippen LogP contribution in [0.5, 0.6) is 0 Å². The van der Waals surface area contributed by atoms with Crippen LogP contribution in [0.1, 0.15) is 22.5 Å². The van der Waals surface area contributed by atoms with Gasteiger partial charge in [0.05, 0.1) is 0 Å². The second kappa shape index (κ2) is 6.35. The molecule has 1 aromatic carbocycles. The molecule has 2 heteroatoms. The molecular formula is C20H20N2. The Morgan fingerprint density at radius 1 is 0.591 bits per heavy atom. The fourth-order valence-electron chi connectivity index (χ4n) is 2.46. The summed E-state index contributed by atoms with van der Waals surface area (Å²) in [7, 11) is 4.11. The first-order valence-corrected chi connectivity index (χ1v) is 7.42.